The molecule has 0 saturated heterocycles. The Morgan fingerprint density at radius 1 is 1.69 bits per heavy atom. The Hall–Kier alpha value is -0.430. The van der Waals surface area contributed by atoms with Gasteiger partial charge in [-0.1, -0.05) is 6.92 Å². The number of aromatic nitrogens is 2. The number of hydrogen-bond acceptors (Lipinski definition) is 4. The second kappa shape index (κ2) is 5.77. The van der Waals surface area contributed by atoms with Gasteiger partial charge in [0.1, 0.15) is 5.60 Å². The summed E-state index contributed by atoms with van der Waals surface area (Å²) >= 11 is 3.39. The Morgan fingerprint density at radius 3 is 2.88 bits per heavy atom. The summed E-state index contributed by atoms with van der Waals surface area (Å²) in [7, 11) is 1.63. The lowest BCUT2D eigenvalue weighted by molar-refractivity contribution is 0.0303. The van der Waals surface area contributed by atoms with Gasteiger partial charge in [0.2, 0.25) is 0 Å². The third kappa shape index (κ3) is 2.63. The fraction of sp³-hybridized carbons (Fsp3) is 0.700. The molecule has 0 aromatic carbocycles. The minimum atomic E-state index is -1.04. The van der Waals surface area contributed by atoms with Crippen LogP contribution in [0.1, 0.15) is 19.0 Å². The maximum Gasteiger partial charge on any atom is 0.119 e. The molecule has 0 fully saturated rings. The first-order valence-corrected chi connectivity index (χ1v) is 6.01. The minimum absolute atomic E-state index is 0.167. The molecule has 3 N–H and O–H groups in total. The summed E-state index contributed by atoms with van der Waals surface area (Å²) in [6.45, 7) is 3.21. The van der Waals surface area contributed by atoms with Crippen LogP contribution in [-0.2, 0) is 16.9 Å². The number of nitrogens with zero attached hydrogens (tertiary/aromatic N) is 2. The lowest BCUT2D eigenvalue weighted by Gasteiger charge is -2.26. The molecule has 0 aliphatic heterocycles. The van der Waals surface area contributed by atoms with E-state index in [9.17, 15) is 5.11 Å². The second-order valence-electron chi connectivity index (χ2n) is 3.65. The molecule has 1 atom stereocenters. The Labute approximate surface area is 104 Å². The van der Waals surface area contributed by atoms with E-state index in [2.05, 4.69) is 21.0 Å². The highest BCUT2D eigenvalue weighted by Gasteiger charge is 2.31. The van der Waals surface area contributed by atoms with Gasteiger partial charge in [0.15, 0.2) is 0 Å². The average molecular weight is 292 g/mol. The highest BCUT2D eigenvalue weighted by atomic mass is 79.9. The van der Waals surface area contributed by atoms with Gasteiger partial charge in [0, 0.05) is 13.7 Å². The van der Waals surface area contributed by atoms with Crippen molar-refractivity contribution in [1.82, 2.24) is 9.78 Å². The van der Waals surface area contributed by atoms with E-state index >= 15 is 0 Å². The summed E-state index contributed by atoms with van der Waals surface area (Å²) in [4.78, 5) is 0. The molecule has 0 radical (unpaired) electrons. The largest absolute Gasteiger partial charge is 0.383 e. The van der Waals surface area contributed by atoms with Crippen molar-refractivity contribution in [3.05, 3.63) is 16.4 Å². The van der Waals surface area contributed by atoms with E-state index in [-0.39, 0.29) is 6.54 Å². The lowest BCUT2D eigenvalue weighted by atomic mass is 9.96. The highest BCUT2D eigenvalue weighted by Crippen LogP contribution is 2.30. The van der Waals surface area contributed by atoms with Crippen molar-refractivity contribution in [2.75, 3.05) is 20.3 Å². The summed E-state index contributed by atoms with van der Waals surface area (Å²) in [6.07, 6.45) is 2.21. The first kappa shape index (κ1) is 13.6. The molecule has 1 aromatic heterocycles. The van der Waals surface area contributed by atoms with Crippen molar-refractivity contribution in [2.24, 2.45) is 5.73 Å². The molecule has 0 amide bonds. The molecule has 0 saturated carbocycles. The number of halogens is 1. The van der Waals surface area contributed by atoms with Crippen LogP contribution in [0.25, 0.3) is 0 Å². The van der Waals surface area contributed by atoms with Crippen molar-refractivity contribution in [2.45, 2.75) is 25.5 Å². The van der Waals surface area contributed by atoms with Crippen molar-refractivity contribution >= 4 is 15.9 Å². The number of hydrogen-bond donors (Lipinski definition) is 2. The van der Waals surface area contributed by atoms with Crippen LogP contribution < -0.4 is 5.73 Å². The normalized spacial score (nSPS) is 15.1. The van der Waals surface area contributed by atoms with Gasteiger partial charge in [-0.3, -0.25) is 4.68 Å². The molecule has 1 heterocycles. The van der Waals surface area contributed by atoms with E-state index in [0.717, 1.165) is 10.2 Å². The molecule has 16 heavy (non-hydrogen) atoms. The Bertz CT molecular complexity index is 337. The fourth-order valence-electron chi connectivity index (χ4n) is 1.58. The van der Waals surface area contributed by atoms with Gasteiger partial charge >= 0.3 is 0 Å². The van der Waals surface area contributed by atoms with E-state index in [1.165, 1.54) is 0 Å². The quantitative estimate of drug-likeness (QED) is 0.815. The molecule has 1 rings (SSSR count). The Kier molecular flexibility index (Phi) is 4.91. The zero-order valence-corrected chi connectivity index (χ0v) is 11.2. The number of nitrogens with two attached hydrogens (primary N) is 1. The van der Waals surface area contributed by atoms with Crippen molar-refractivity contribution in [1.29, 1.82) is 0 Å². The maximum atomic E-state index is 10.4. The van der Waals surface area contributed by atoms with E-state index in [0.29, 0.717) is 19.6 Å². The minimum Gasteiger partial charge on any atom is -0.383 e. The Balaban J connectivity index is 3.04. The van der Waals surface area contributed by atoms with Gasteiger partial charge in [-0.05, 0) is 22.4 Å². The van der Waals surface area contributed by atoms with Gasteiger partial charge in [-0.2, -0.15) is 5.10 Å². The third-order valence-corrected chi connectivity index (χ3v) is 3.25. The van der Waals surface area contributed by atoms with Crippen LogP contribution in [0.15, 0.2) is 10.7 Å². The van der Waals surface area contributed by atoms with Gasteiger partial charge in [-0.15, -0.1) is 0 Å². The number of ether oxygens (including phenoxy) is 1. The number of aliphatic hydroxyl groups is 1. The van der Waals surface area contributed by atoms with Crippen LogP contribution in [0.3, 0.4) is 0 Å². The Morgan fingerprint density at radius 2 is 2.38 bits per heavy atom. The molecule has 92 valence electrons. The molecule has 1 unspecified atom stereocenters. The van der Waals surface area contributed by atoms with E-state index in [1.54, 1.807) is 18.0 Å². The third-order valence-electron chi connectivity index (χ3n) is 2.67. The summed E-state index contributed by atoms with van der Waals surface area (Å²) in [6, 6.07) is 0. The van der Waals surface area contributed by atoms with Crippen LogP contribution in [0.2, 0.25) is 0 Å². The van der Waals surface area contributed by atoms with E-state index in [1.807, 2.05) is 6.92 Å². The zero-order chi connectivity index (χ0) is 12.2. The van der Waals surface area contributed by atoms with Crippen molar-refractivity contribution in [3.63, 3.8) is 0 Å². The molecule has 0 aliphatic carbocycles. The van der Waals surface area contributed by atoms with Crippen molar-refractivity contribution < 1.29 is 9.84 Å². The van der Waals surface area contributed by atoms with Crippen molar-refractivity contribution in [3.8, 4) is 0 Å². The maximum absolute atomic E-state index is 10.4. The molecular weight excluding hydrogens is 274 g/mol. The van der Waals surface area contributed by atoms with Gasteiger partial charge in [0.25, 0.3) is 0 Å². The van der Waals surface area contributed by atoms with E-state index < -0.39 is 5.60 Å². The van der Waals surface area contributed by atoms with Crippen LogP contribution >= 0.6 is 15.9 Å². The first-order valence-electron chi connectivity index (χ1n) is 5.22. The molecule has 0 bridgehead atoms. The standard InChI is InChI=1S/C10H18BrN3O2/c1-3-10(15,7-12)9-8(11)6-13-14(9)4-5-16-2/h6,15H,3-5,7,12H2,1-2H3. The molecule has 6 heteroatoms. The topological polar surface area (TPSA) is 73.3 Å². The molecule has 5 nitrogen and oxygen atoms in total. The van der Waals surface area contributed by atoms with Crippen LogP contribution in [0.5, 0.6) is 0 Å². The average Bonchev–Trinajstić information content (AvgIpc) is 2.67. The lowest BCUT2D eigenvalue weighted by Crippen LogP contribution is -2.37. The second-order valence-corrected chi connectivity index (χ2v) is 4.50. The monoisotopic (exact) mass is 291 g/mol. The smallest absolute Gasteiger partial charge is 0.119 e. The van der Waals surface area contributed by atoms with E-state index in [4.69, 9.17) is 10.5 Å². The van der Waals surface area contributed by atoms with Gasteiger partial charge < -0.3 is 15.6 Å². The predicted octanol–water partition coefficient (Wildman–Crippen LogP) is 0.848. The highest BCUT2D eigenvalue weighted by molar-refractivity contribution is 9.10. The zero-order valence-electron chi connectivity index (χ0n) is 9.61. The van der Waals surface area contributed by atoms with Crippen LogP contribution in [-0.4, -0.2) is 35.1 Å². The summed E-state index contributed by atoms with van der Waals surface area (Å²) in [5.41, 5.74) is 5.31. The summed E-state index contributed by atoms with van der Waals surface area (Å²) in [5.74, 6) is 0. The van der Waals surface area contributed by atoms with Gasteiger partial charge in [0.05, 0.1) is 29.5 Å². The predicted molar refractivity (Wildman–Crippen MR) is 65.0 cm³/mol. The fourth-order valence-corrected chi connectivity index (χ4v) is 2.25. The first-order chi connectivity index (χ1) is 7.59. The SMILES string of the molecule is CCC(O)(CN)c1c(Br)cnn1CCOC. The molecule has 1 aromatic rings. The number of methoxy groups -OCH3 is 1. The van der Waals surface area contributed by atoms with Crippen LogP contribution in [0.4, 0.5) is 0 Å². The van der Waals surface area contributed by atoms with Gasteiger partial charge in [-0.25, -0.2) is 0 Å². The summed E-state index contributed by atoms with van der Waals surface area (Å²) in [5, 5.41) is 14.6. The number of rotatable bonds is 6. The summed E-state index contributed by atoms with van der Waals surface area (Å²) < 4.78 is 7.50. The molecule has 0 spiro atoms. The molecule has 0 aliphatic rings. The van der Waals surface area contributed by atoms with Crippen LogP contribution in [0, 0.1) is 0 Å². The molecular formula is C10H18BrN3O2.